The summed E-state index contributed by atoms with van der Waals surface area (Å²) in [7, 11) is -3.81. The fraction of sp³-hybridized carbons (Fsp3) is 0.333. The number of hydrogen-bond acceptors (Lipinski definition) is 5. The molecule has 0 aliphatic heterocycles. The molecule has 0 saturated heterocycles. The highest BCUT2D eigenvalue weighted by Gasteiger charge is 2.21. The summed E-state index contributed by atoms with van der Waals surface area (Å²) in [5.41, 5.74) is 1.99. The third-order valence-electron chi connectivity index (χ3n) is 2.98. The van der Waals surface area contributed by atoms with Crippen molar-refractivity contribution in [2.45, 2.75) is 38.1 Å². The molecule has 0 radical (unpaired) electrons. The summed E-state index contributed by atoms with van der Waals surface area (Å²) in [6.45, 7) is 5.33. The summed E-state index contributed by atoms with van der Waals surface area (Å²) in [5, 5.41) is 3.91. The second-order valence-electron chi connectivity index (χ2n) is 4.77. The Hall–Kier alpha value is -1.21. The lowest BCUT2D eigenvalue weighted by Crippen LogP contribution is -2.20. The number of ether oxygens (including phenoxy) is 1. The van der Waals surface area contributed by atoms with E-state index in [0.717, 1.165) is 11.1 Å². The van der Waals surface area contributed by atoms with Crippen LogP contribution in [0.25, 0.3) is 0 Å². The Bertz CT molecular complexity index is 660. The van der Waals surface area contributed by atoms with Crippen molar-refractivity contribution in [2.75, 3.05) is 0 Å². The summed E-state index contributed by atoms with van der Waals surface area (Å²) in [6.07, 6.45) is -1.08. The third-order valence-corrected chi connectivity index (χ3v) is 5.06. The molecule has 0 amide bonds. The smallest absolute Gasteiger partial charge is 0.299 e. The Kier molecular flexibility index (Phi) is 5.16. The highest BCUT2D eigenvalue weighted by Crippen LogP contribution is 2.23. The molecule has 0 aliphatic carbocycles. The average molecular weight is 326 g/mol. The molecule has 2 atom stereocenters. The van der Waals surface area contributed by atoms with Crippen molar-refractivity contribution in [3.8, 4) is 0 Å². The molecule has 1 aromatic carbocycles. The van der Waals surface area contributed by atoms with Crippen LogP contribution in [0.4, 0.5) is 0 Å². The summed E-state index contributed by atoms with van der Waals surface area (Å²) in [4.78, 5) is 0.131. The molecule has 6 heteroatoms. The van der Waals surface area contributed by atoms with Gasteiger partial charge in [-0.2, -0.15) is 19.8 Å². The first-order valence-electron chi connectivity index (χ1n) is 6.56. The zero-order valence-corrected chi connectivity index (χ0v) is 13.8. The van der Waals surface area contributed by atoms with Crippen LogP contribution in [0.15, 0.2) is 46.0 Å². The maximum absolute atomic E-state index is 12.1. The minimum Gasteiger partial charge on any atom is -0.344 e. The average Bonchev–Trinajstić information content (AvgIpc) is 2.92. The van der Waals surface area contributed by atoms with Gasteiger partial charge < -0.3 is 4.74 Å². The Morgan fingerprint density at radius 1 is 1.10 bits per heavy atom. The van der Waals surface area contributed by atoms with E-state index in [0.29, 0.717) is 0 Å². The lowest BCUT2D eigenvalue weighted by molar-refractivity contribution is -0.0997. The van der Waals surface area contributed by atoms with Crippen molar-refractivity contribution < 1.29 is 17.3 Å². The Morgan fingerprint density at radius 2 is 1.76 bits per heavy atom. The van der Waals surface area contributed by atoms with E-state index in [2.05, 4.69) is 0 Å². The molecule has 0 bridgehead atoms. The third kappa shape index (κ3) is 4.38. The predicted octanol–water partition coefficient (Wildman–Crippen LogP) is 3.89. The van der Waals surface area contributed by atoms with Gasteiger partial charge in [-0.15, -0.1) is 0 Å². The lowest BCUT2D eigenvalue weighted by Gasteiger charge is -2.18. The minimum atomic E-state index is -3.81. The van der Waals surface area contributed by atoms with Crippen LogP contribution >= 0.6 is 11.3 Å². The summed E-state index contributed by atoms with van der Waals surface area (Å²) in [6, 6.07) is 8.46. The molecule has 0 spiro atoms. The molecule has 2 rings (SSSR count). The maximum Gasteiger partial charge on any atom is 0.299 e. The molecule has 2 unspecified atom stereocenters. The van der Waals surface area contributed by atoms with Crippen LogP contribution < -0.4 is 0 Å². The van der Waals surface area contributed by atoms with Crippen molar-refractivity contribution in [1.29, 1.82) is 0 Å². The predicted molar refractivity (Wildman–Crippen MR) is 82.7 cm³/mol. The molecule has 0 saturated carbocycles. The highest BCUT2D eigenvalue weighted by molar-refractivity contribution is 7.86. The van der Waals surface area contributed by atoms with E-state index in [1.54, 1.807) is 30.4 Å². The number of rotatable bonds is 6. The van der Waals surface area contributed by atoms with Gasteiger partial charge in [0.15, 0.2) is 6.29 Å². The van der Waals surface area contributed by atoms with Crippen LogP contribution in [0.1, 0.15) is 31.1 Å². The van der Waals surface area contributed by atoms with Gasteiger partial charge in [-0.3, -0.25) is 0 Å². The van der Waals surface area contributed by atoms with Crippen LogP contribution in [-0.4, -0.2) is 14.7 Å². The van der Waals surface area contributed by atoms with Gasteiger partial charge in [-0.1, -0.05) is 17.7 Å². The first kappa shape index (κ1) is 16.2. The largest absolute Gasteiger partial charge is 0.344 e. The van der Waals surface area contributed by atoms with Crippen molar-refractivity contribution in [1.82, 2.24) is 0 Å². The molecule has 0 aliphatic rings. The fourth-order valence-electron chi connectivity index (χ4n) is 1.83. The van der Waals surface area contributed by atoms with Gasteiger partial charge in [0.25, 0.3) is 10.1 Å². The van der Waals surface area contributed by atoms with Crippen LogP contribution in [0.5, 0.6) is 0 Å². The summed E-state index contributed by atoms with van der Waals surface area (Å²) in [5.74, 6) is 0. The Morgan fingerprint density at radius 3 is 2.33 bits per heavy atom. The standard InChI is InChI=1S/C15H18O4S2/c1-11-4-6-15(7-5-11)21(16,17)19-13(3)18-12(2)14-8-9-20-10-14/h4-10,12-13H,1-3H3. The van der Waals surface area contributed by atoms with Gasteiger partial charge in [-0.25, -0.2) is 4.18 Å². The molecule has 21 heavy (non-hydrogen) atoms. The van der Waals surface area contributed by atoms with Gasteiger partial charge in [0.05, 0.1) is 11.0 Å². The SMILES string of the molecule is Cc1ccc(S(=O)(=O)OC(C)OC(C)c2ccsc2)cc1. The van der Waals surface area contributed by atoms with Crippen molar-refractivity contribution in [2.24, 2.45) is 0 Å². The summed E-state index contributed by atoms with van der Waals surface area (Å²) >= 11 is 1.57. The zero-order chi connectivity index (χ0) is 15.5. The van der Waals surface area contributed by atoms with Crippen LogP contribution in [0.3, 0.4) is 0 Å². The van der Waals surface area contributed by atoms with Crippen LogP contribution in [0, 0.1) is 6.92 Å². The number of hydrogen-bond donors (Lipinski definition) is 0. The summed E-state index contributed by atoms with van der Waals surface area (Å²) < 4.78 is 34.9. The normalized spacial score (nSPS) is 14.8. The van der Waals surface area contributed by atoms with Gasteiger partial charge >= 0.3 is 0 Å². The van der Waals surface area contributed by atoms with Gasteiger partial charge in [-0.05, 0) is 55.3 Å². The zero-order valence-electron chi connectivity index (χ0n) is 12.1. The second kappa shape index (κ2) is 6.70. The van der Waals surface area contributed by atoms with Crippen molar-refractivity contribution in [3.05, 3.63) is 52.2 Å². The van der Waals surface area contributed by atoms with Crippen molar-refractivity contribution in [3.63, 3.8) is 0 Å². The van der Waals surface area contributed by atoms with E-state index in [-0.39, 0.29) is 11.0 Å². The van der Waals surface area contributed by atoms with E-state index in [9.17, 15) is 8.42 Å². The van der Waals surface area contributed by atoms with Gasteiger partial charge in [0.1, 0.15) is 0 Å². The Labute approximate surface area is 129 Å². The molecule has 0 N–H and O–H groups in total. The van der Waals surface area contributed by atoms with Gasteiger partial charge in [0.2, 0.25) is 0 Å². The molecule has 114 valence electrons. The van der Waals surface area contributed by atoms with E-state index in [1.165, 1.54) is 12.1 Å². The Balaban J connectivity index is 2.01. The quantitative estimate of drug-likeness (QED) is 0.597. The van der Waals surface area contributed by atoms with Crippen molar-refractivity contribution >= 4 is 21.5 Å². The van der Waals surface area contributed by atoms with Gasteiger partial charge in [0, 0.05) is 0 Å². The molecular weight excluding hydrogens is 308 g/mol. The molecule has 0 fully saturated rings. The first-order valence-corrected chi connectivity index (χ1v) is 8.91. The second-order valence-corrected chi connectivity index (χ2v) is 7.12. The topological polar surface area (TPSA) is 52.6 Å². The minimum absolute atomic E-state index is 0.131. The number of aryl methyl sites for hydroxylation is 1. The molecule has 1 aromatic heterocycles. The number of thiophene rings is 1. The van der Waals surface area contributed by atoms with E-state index >= 15 is 0 Å². The lowest BCUT2D eigenvalue weighted by atomic mass is 10.2. The van der Waals surface area contributed by atoms with E-state index < -0.39 is 16.4 Å². The first-order chi connectivity index (χ1) is 9.88. The van der Waals surface area contributed by atoms with Crippen LogP contribution in [-0.2, 0) is 19.0 Å². The highest BCUT2D eigenvalue weighted by atomic mass is 32.2. The number of benzene rings is 1. The van der Waals surface area contributed by atoms with E-state index in [1.807, 2.05) is 30.7 Å². The molecule has 4 nitrogen and oxygen atoms in total. The molecule has 1 heterocycles. The molecular formula is C15H18O4S2. The van der Waals surface area contributed by atoms with Crippen LogP contribution in [0.2, 0.25) is 0 Å². The maximum atomic E-state index is 12.1. The van der Waals surface area contributed by atoms with E-state index in [4.69, 9.17) is 8.92 Å². The molecule has 2 aromatic rings. The monoisotopic (exact) mass is 326 g/mol. The fourth-order valence-corrected chi connectivity index (χ4v) is 3.56.